The van der Waals surface area contributed by atoms with E-state index < -0.39 is 0 Å². The Labute approximate surface area is 132 Å². The first-order valence-electron chi connectivity index (χ1n) is 7.07. The molecule has 2 heterocycles. The van der Waals surface area contributed by atoms with Gasteiger partial charge in [0.1, 0.15) is 5.82 Å². The maximum atomic E-state index is 13.3. The molecule has 0 spiro atoms. The minimum atomic E-state index is -0.216. The first-order valence-corrected chi connectivity index (χ1v) is 7.95. The summed E-state index contributed by atoms with van der Waals surface area (Å²) in [6.07, 6.45) is 0. The Morgan fingerprint density at radius 3 is 2.82 bits per heavy atom. The molecule has 1 aromatic carbocycles. The third kappa shape index (κ3) is 3.58. The van der Waals surface area contributed by atoms with Crippen molar-refractivity contribution < 1.29 is 8.81 Å². The second kappa shape index (κ2) is 6.81. The quantitative estimate of drug-likeness (QED) is 0.690. The number of benzene rings is 1. The summed E-state index contributed by atoms with van der Waals surface area (Å²) in [5.41, 5.74) is 0.930. The molecule has 0 radical (unpaired) electrons. The SMILES string of the molecule is CCN(Cc1cccc(F)c1)Cc1nnc(-c2cccs2)o1. The summed E-state index contributed by atoms with van der Waals surface area (Å²) < 4.78 is 18.9. The first kappa shape index (κ1) is 14.9. The van der Waals surface area contributed by atoms with Gasteiger partial charge in [-0.2, -0.15) is 0 Å². The van der Waals surface area contributed by atoms with E-state index in [1.54, 1.807) is 23.5 Å². The van der Waals surface area contributed by atoms with Crippen molar-refractivity contribution in [3.05, 3.63) is 59.0 Å². The third-order valence-electron chi connectivity index (χ3n) is 3.30. The molecule has 6 heteroatoms. The zero-order valence-corrected chi connectivity index (χ0v) is 13.0. The highest BCUT2D eigenvalue weighted by Gasteiger charge is 2.13. The lowest BCUT2D eigenvalue weighted by molar-refractivity contribution is 0.243. The average Bonchev–Trinajstić information content (AvgIpc) is 3.17. The van der Waals surface area contributed by atoms with Gasteiger partial charge in [-0.05, 0) is 35.7 Å². The van der Waals surface area contributed by atoms with Gasteiger partial charge < -0.3 is 4.42 Å². The van der Waals surface area contributed by atoms with Crippen LogP contribution in [0.15, 0.2) is 46.2 Å². The van der Waals surface area contributed by atoms with Crippen LogP contribution in [-0.2, 0) is 13.1 Å². The van der Waals surface area contributed by atoms with Gasteiger partial charge in [0, 0.05) is 6.54 Å². The lowest BCUT2D eigenvalue weighted by Crippen LogP contribution is -2.22. The fraction of sp³-hybridized carbons (Fsp3) is 0.250. The van der Waals surface area contributed by atoms with Gasteiger partial charge in [0.2, 0.25) is 5.89 Å². The first-order chi connectivity index (χ1) is 10.7. The van der Waals surface area contributed by atoms with E-state index >= 15 is 0 Å². The van der Waals surface area contributed by atoms with Crippen molar-refractivity contribution in [2.75, 3.05) is 6.54 Å². The molecule has 2 aromatic heterocycles. The Balaban J connectivity index is 1.68. The van der Waals surface area contributed by atoms with Gasteiger partial charge in [-0.15, -0.1) is 21.5 Å². The van der Waals surface area contributed by atoms with Gasteiger partial charge in [0.25, 0.3) is 5.89 Å². The predicted octanol–water partition coefficient (Wildman–Crippen LogP) is 3.96. The summed E-state index contributed by atoms with van der Waals surface area (Å²) in [6, 6.07) is 10.5. The monoisotopic (exact) mass is 317 g/mol. The van der Waals surface area contributed by atoms with Crippen LogP contribution in [0.25, 0.3) is 10.8 Å². The Morgan fingerprint density at radius 2 is 2.09 bits per heavy atom. The molecule has 114 valence electrons. The molecule has 0 aliphatic rings. The zero-order chi connectivity index (χ0) is 15.4. The molecule has 0 aliphatic heterocycles. The average molecular weight is 317 g/mol. The summed E-state index contributed by atoms with van der Waals surface area (Å²) in [5.74, 6) is 0.903. The van der Waals surface area contributed by atoms with Crippen molar-refractivity contribution in [2.45, 2.75) is 20.0 Å². The second-order valence-electron chi connectivity index (χ2n) is 4.91. The summed E-state index contributed by atoms with van der Waals surface area (Å²) in [7, 11) is 0. The third-order valence-corrected chi connectivity index (χ3v) is 4.16. The largest absolute Gasteiger partial charge is 0.419 e. The van der Waals surface area contributed by atoms with Crippen LogP contribution in [0.2, 0.25) is 0 Å². The lowest BCUT2D eigenvalue weighted by atomic mass is 10.2. The molecule has 0 saturated heterocycles. The van der Waals surface area contributed by atoms with Gasteiger partial charge >= 0.3 is 0 Å². The standard InChI is InChI=1S/C16H16FN3OS/c1-2-20(10-12-5-3-6-13(17)9-12)11-15-18-19-16(21-15)14-7-4-8-22-14/h3-9H,2,10-11H2,1H3. The van der Waals surface area contributed by atoms with Crippen molar-refractivity contribution >= 4 is 11.3 Å². The van der Waals surface area contributed by atoms with Crippen LogP contribution in [0.1, 0.15) is 18.4 Å². The van der Waals surface area contributed by atoms with Crippen LogP contribution in [-0.4, -0.2) is 21.6 Å². The number of hydrogen-bond donors (Lipinski definition) is 0. The number of rotatable bonds is 6. The Kier molecular flexibility index (Phi) is 4.60. The van der Waals surface area contributed by atoms with Crippen molar-refractivity contribution in [3.63, 3.8) is 0 Å². The summed E-state index contributed by atoms with van der Waals surface area (Å²) >= 11 is 1.57. The van der Waals surface area contributed by atoms with E-state index in [1.165, 1.54) is 6.07 Å². The maximum absolute atomic E-state index is 13.3. The van der Waals surface area contributed by atoms with Gasteiger partial charge in [-0.25, -0.2) is 4.39 Å². The number of halogens is 1. The van der Waals surface area contributed by atoms with E-state index in [0.29, 0.717) is 24.9 Å². The summed E-state index contributed by atoms with van der Waals surface area (Å²) in [4.78, 5) is 3.09. The summed E-state index contributed by atoms with van der Waals surface area (Å²) in [6.45, 7) is 4.05. The van der Waals surface area contributed by atoms with Crippen molar-refractivity contribution in [1.82, 2.24) is 15.1 Å². The maximum Gasteiger partial charge on any atom is 0.257 e. The van der Waals surface area contributed by atoms with E-state index in [9.17, 15) is 4.39 Å². The van der Waals surface area contributed by atoms with Crippen molar-refractivity contribution in [1.29, 1.82) is 0 Å². The van der Waals surface area contributed by atoms with Crippen molar-refractivity contribution in [2.24, 2.45) is 0 Å². The highest BCUT2D eigenvalue weighted by molar-refractivity contribution is 7.13. The minimum Gasteiger partial charge on any atom is -0.419 e. The van der Waals surface area contributed by atoms with Gasteiger partial charge in [0.15, 0.2) is 0 Å². The Morgan fingerprint density at radius 1 is 1.18 bits per heavy atom. The fourth-order valence-corrected chi connectivity index (χ4v) is 2.83. The van der Waals surface area contributed by atoms with Gasteiger partial charge in [0.05, 0.1) is 11.4 Å². The van der Waals surface area contributed by atoms with Gasteiger partial charge in [-0.1, -0.05) is 25.1 Å². The molecule has 0 atom stereocenters. The molecule has 0 bridgehead atoms. The van der Waals surface area contributed by atoms with E-state index in [1.807, 2.05) is 23.6 Å². The topological polar surface area (TPSA) is 42.2 Å². The van der Waals surface area contributed by atoms with E-state index in [-0.39, 0.29) is 5.82 Å². The normalized spacial score (nSPS) is 11.2. The lowest BCUT2D eigenvalue weighted by Gasteiger charge is -2.18. The number of nitrogens with zero attached hydrogens (tertiary/aromatic N) is 3. The molecule has 0 amide bonds. The van der Waals surface area contributed by atoms with Crippen LogP contribution in [0.3, 0.4) is 0 Å². The molecule has 0 fully saturated rings. The van der Waals surface area contributed by atoms with E-state index in [4.69, 9.17) is 4.42 Å². The molecular formula is C16H16FN3OS. The van der Waals surface area contributed by atoms with Gasteiger partial charge in [-0.3, -0.25) is 4.90 Å². The number of hydrogen-bond acceptors (Lipinski definition) is 5. The molecule has 22 heavy (non-hydrogen) atoms. The minimum absolute atomic E-state index is 0.216. The molecule has 0 unspecified atom stereocenters. The Bertz CT molecular complexity index is 727. The van der Waals surface area contributed by atoms with E-state index in [2.05, 4.69) is 22.0 Å². The fourth-order valence-electron chi connectivity index (χ4n) is 2.18. The zero-order valence-electron chi connectivity index (χ0n) is 12.2. The van der Waals surface area contributed by atoms with Crippen LogP contribution in [0.5, 0.6) is 0 Å². The van der Waals surface area contributed by atoms with E-state index in [0.717, 1.165) is 17.0 Å². The van der Waals surface area contributed by atoms with Crippen LogP contribution < -0.4 is 0 Å². The molecular weight excluding hydrogens is 301 g/mol. The van der Waals surface area contributed by atoms with Crippen LogP contribution >= 0.6 is 11.3 Å². The van der Waals surface area contributed by atoms with Crippen LogP contribution in [0, 0.1) is 5.82 Å². The molecule has 3 aromatic rings. The molecule has 0 aliphatic carbocycles. The molecule has 4 nitrogen and oxygen atoms in total. The Hall–Kier alpha value is -2.05. The molecule has 0 N–H and O–H groups in total. The second-order valence-corrected chi connectivity index (χ2v) is 5.86. The summed E-state index contributed by atoms with van der Waals surface area (Å²) in [5, 5.41) is 10.1. The smallest absolute Gasteiger partial charge is 0.257 e. The van der Waals surface area contributed by atoms with Crippen LogP contribution in [0.4, 0.5) is 4.39 Å². The highest BCUT2D eigenvalue weighted by atomic mass is 32.1. The number of aromatic nitrogens is 2. The highest BCUT2D eigenvalue weighted by Crippen LogP contribution is 2.23. The number of thiophene rings is 1. The predicted molar refractivity (Wildman–Crippen MR) is 83.8 cm³/mol. The van der Waals surface area contributed by atoms with Crippen molar-refractivity contribution in [3.8, 4) is 10.8 Å². The molecule has 0 saturated carbocycles. The molecule has 3 rings (SSSR count).